The molecule has 12 heteroatoms. The number of nitro benzene ring substituents is 1. The number of hydrogen-bond donors (Lipinski definition) is 2. The second kappa shape index (κ2) is 13.5. The van der Waals surface area contributed by atoms with Gasteiger partial charge in [0.1, 0.15) is 5.69 Å². The quantitative estimate of drug-likeness (QED) is 0.250. The number of anilines is 3. The second-order valence-corrected chi connectivity index (χ2v) is 12.0. The molecule has 220 valence electrons. The first-order valence-corrected chi connectivity index (χ1v) is 14.8. The third-order valence-electron chi connectivity index (χ3n) is 7.55. The molecule has 0 unspecified atom stereocenters. The van der Waals surface area contributed by atoms with Gasteiger partial charge in [0.15, 0.2) is 5.11 Å². The summed E-state index contributed by atoms with van der Waals surface area (Å²) >= 11 is 11.7. The van der Waals surface area contributed by atoms with Crippen LogP contribution in [0.1, 0.15) is 50.4 Å². The average Bonchev–Trinajstić information content (AvgIpc) is 2.93. The highest BCUT2D eigenvalue weighted by atomic mass is 35.5. The number of benzene rings is 2. The van der Waals surface area contributed by atoms with Crippen LogP contribution in [-0.2, 0) is 4.79 Å². The number of hydrogen-bond acceptors (Lipinski definition) is 7. The van der Waals surface area contributed by atoms with Crippen molar-refractivity contribution in [3.05, 3.63) is 57.1 Å². The highest BCUT2D eigenvalue weighted by Crippen LogP contribution is 2.33. The van der Waals surface area contributed by atoms with Gasteiger partial charge in [-0.3, -0.25) is 25.0 Å². The number of piperazine rings is 1. The number of carbonyl (C=O) groups excluding carboxylic acids is 2. The van der Waals surface area contributed by atoms with Crippen LogP contribution in [0, 0.1) is 22.0 Å². The van der Waals surface area contributed by atoms with Crippen molar-refractivity contribution in [1.29, 1.82) is 0 Å². The van der Waals surface area contributed by atoms with Crippen molar-refractivity contribution in [2.75, 3.05) is 54.4 Å². The Kier molecular flexibility index (Phi) is 10.0. The summed E-state index contributed by atoms with van der Waals surface area (Å²) in [6.07, 6.45) is 2.47. The van der Waals surface area contributed by atoms with Crippen LogP contribution in [-0.4, -0.2) is 66.0 Å². The number of nitrogens with one attached hydrogen (secondary N) is 2. The Hall–Kier alpha value is -3.44. The molecule has 2 aliphatic heterocycles. The Labute approximate surface area is 251 Å². The van der Waals surface area contributed by atoms with Crippen molar-refractivity contribution in [2.45, 2.75) is 40.0 Å². The second-order valence-electron chi connectivity index (χ2n) is 11.2. The lowest BCUT2D eigenvalue weighted by atomic mass is 9.98. The van der Waals surface area contributed by atoms with E-state index in [-0.39, 0.29) is 22.3 Å². The largest absolute Gasteiger partial charge is 0.366 e. The van der Waals surface area contributed by atoms with Gasteiger partial charge < -0.3 is 20.0 Å². The van der Waals surface area contributed by atoms with E-state index in [1.807, 2.05) is 29.7 Å². The van der Waals surface area contributed by atoms with E-state index >= 15 is 0 Å². The fraction of sp³-hybridized carbons (Fsp3) is 0.483. The molecule has 2 N–H and O–H groups in total. The molecule has 0 saturated carbocycles. The number of thiocarbonyl (C=S) groups is 1. The summed E-state index contributed by atoms with van der Waals surface area (Å²) in [5.41, 5.74) is 2.02. The molecule has 10 nitrogen and oxygen atoms in total. The van der Waals surface area contributed by atoms with Gasteiger partial charge in [0.05, 0.1) is 16.3 Å². The number of nitrogens with zero attached hydrogens (tertiary/aromatic N) is 4. The fourth-order valence-corrected chi connectivity index (χ4v) is 5.59. The van der Waals surface area contributed by atoms with Crippen LogP contribution in [0.3, 0.4) is 0 Å². The van der Waals surface area contributed by atoms with E-state index in [2.05, 4.69) is 22.5 Å². The number of piperidine rings is 1. The zero-order valence-corrected chi connectivity index (χ0v) is 25.3. The van der Waals surface area contributed by atoms with Crippen LogP contribution < -0.4 is 20.4 Å². The average molecular weight is 601 g/mol. The smallest absolute Gasteiger partial charge is 0.293 e. The topological polar surface area (TPSA) is 111 Å². The zero-order valence-electron chi connectivity index (χ0n) is 23.7. The molecule has 4 rings (SSSR count). The molecule has 0 bridgehead atoms. The Morgan fingerprint density at radius 1 is 1.02 bits per heavy atom. The summed E-state index contributed by atoms with van der Waals surface area (Å²) in [7, 11) is 0. The predicted molar refractivity (Wildman–Crippen MR) is 167 cm³/mol. The summed E-state index contributed by atoms with van der Waals surface area (Å²) < 4.78 is 0. The minimum absolute atomic E-state index is 0.0426. The van der Waals surface area contributed by atoms with Gasteiger partial charge >= 0.3 is 0 Å². The van der Waals surface area contributed by atoms with Gasteiger partial charge in [-0.2, -0.15) is 0 Å². The minimum atomic E-state index is -0.551. The summed E-state index contributed by atoms with van der Waals surface area (Å²) in [6.45, 7) is 10.2. The van der Waals surface area contributed by atoms with Gasteiger partial charge in [-0.15, -0.1) is 0 Å². The normalized spacial score (nSPS) is 16.1. The first kappa shape index (κ1) is 30.5. The molecule has 0 spiro atoms. The van der Waals surface area contributed by atoms with Crippen LogP contribution >= 0.6 is 23.8 Å². The van der Waals surface area contributed by atoms with E-state index in [0.29, 0.717) is 60.8 Å². The lowest BCUT2D eigenvalue weighted by Crippen LogP contribution is -2.49. The fourth-order valence-electron chi connectivity index (χ4n) is 5.22. The molecule has 2 aromatic carbocycles. The Morgan fingerprint density at radius 3 is 2.29 bits per heavy atom. The molecule has 2 saturated heterocycles. The van der Waals surface area contributed by atoms with Crippen molar-refractivity contribution in [2.24, 2.45) is 11.8 Å². The van der Waals surface area contributed by atoms with E-state index in [0.717, 1.165) is 31.6 Å². The van der Waals surface area contributed by atoms with Gasteiger partial charge in [0.2, 0.25) is 5.91 Å². The van der Waals surface area contributed by atoms with E-state index in [9.17, 15) is 19.7 Å². The molecule has 0 aromatic heterocycles. The number of rotatable bonds is 7. The van der Waals surface area contributed by atoms with Crippen LogP contribution in [0.5, 0.6) is 0 Å². The van der Waals surface area contributed by atoms with Gasteiger partial charge in [0, 0.05) is 62.3 Å². The maximum Gasteiger partial charge on any atom is 0.293 e. The van der Waals surface area contributed by atoms with Crippen molar-refractivity contribution in [3.8, 4) is 0 Å². The first-order valence-electron chi connectivity index (χ1n) is 14.0. The summed E-state index contributed by atoms with van der Waals surface area (Å²) in [5.74, 6) is 0.515. The summed E-state index contributed by atoms with van der Waals surface area (Å²) in [4.78, 5) is 43.0. The first-order chi connectivity index (χ1) is 19.5. The van der Waals surface area contributed by atoms with E-state index < -0.39 is 10.8 Å². The predicted octanol–water partition coefficient (Wildman–Crippen LogP) is 5.31. The Balaban J connectivity index is 1.42. The van der Waals surface area contributed by atoms with Gasteiger partial charge in [0.25, 0.3) is 11.6 Å². The maximum absolute atomic E-state index is 13.0. The van der Waals surface area contributed by atoms with Crippen molar-refractivity contribution in [1.82, 2.24) is 10.2 Å². The highest BCUT2D eigenvalue weighted by molar-refractivity contribution is 7.80. The van der Waals surface area contributed by atoms with Crippen molar-refractivity contribution in [3.63, 3.8) is 0 Å². The SMILES string of the molecule is CC(C)CC(=O)N1CCN(c2ccc(Cl)cc2NC(=S)NC(=O)c2ccc(N3CCC(C)CC3)c([N+](=O)[O-])c2)CC1. The number of halogens is 1. The van der Waals surface area contributed by atoms with Crippen LogP contribution in [0.2, 0.25) is 5.02 Å². The highest BCUT2D eigenvalue weighted by Gasteiger charge is 2.26. The number of carbonyl (C=O) groups is 2. The van der Waals surface area contributed by atoms with Crippen LogP contribution in [0.25, 0.3) is 0 Å². The third kappa shape index (κ3) is 7.85. The Bertz CT molecular complexity index is 1310. The molecular formula is C29H37ClN6O4S. The molecule has 2 aliphatic rings. The molecule has 2 heterocycles. The van der Waals surface area contributed by atoms with Crippen molar-refractivity contribution < 1.29 is 14.5 Å². The van der Waals surface area contributed by atoms with Crippen LogP contribution in [0.4, 0.5) is 22.7 Å². The zero-order chi connectivity index (χ0) is 29.7. The van der Waals surface area contributed by atoms with Gasteiger partial charge in [-0.1, -0.05) is 32.4 Å². The summed E-state index contributed by atoms with van der Waals surface area (Å²) in [6, 6.07) is 9.91. The van der Waals surface area contributed by atoms with Gasteiger partial charge in [-0.25, -0.2) is 0 Å². The standard InChI is InChI=1S/C29H37ClN6O4S/c1-19(2)16-27(37)35-14-12-34(13-15-35)24-7-5-22(30)18-23(24)31-29(41)32-28(38)21-4-6-25(26(17-21)36(39)40)33-10-8-20(3)9-11-33/h4-7,17-20H,8-16H2,1-3H3,(H2,31,32,38,41). The lowest BCUT2D eigenvalue weighted by Gasteiger charge is -2.37. The number of amides is 2. The number of nitro groups is 1. The monoisotopic (exact) mass is 600 g/mol. The third-order valence-corrected chi connectivity index (χ3v) is 7.99. The summed E-state index contributed by atoms with van der Waals surface area (Å²) in [5, 5.41) is 18.1. The van der Waals surface area contributed by atoms with Gasteiger partial charge in [-0.05, 0) is 67.2 Å². The minimum Gasteiger partial charge on any atom is -0.366 e. The van der Waals surface area contributed by atoms with Crippen LogP contribution in [0.15, 0.2) is 36.4 Å². The molecule has 2 amide bonds. The van der Waals surface area contributed by atoms with E-state index in [4.69, 9.17) is 23.8 Å². The molecule has 0 atom stereocenters. The lowest BCUT2D eigenvalue weighted by molar-refractivity contribution is -0.384. The van der Waals surface area contributed by atoms with Crippen molar-refractivity contribution >= 4 is 63.5 Å². The molecule has 0 radical (unpaired) electrons. The molecular weight excluding hydrogens is 564 g/mol. The Morgan fingerprint density at radius 2 is 1.66 bits per heavy atom. The van der Waals surface area contributed by atoms with E-state index in [1.165, 1.54) is 6.07 Å². The molecule has 2 fully saturated rings. The molecule has 0 aliphatic carbocycles. The molecule has 2 aromatic rings. The maximum atomic E-state index is 13.0. The molecule has 41 heavy (non-hydrogen) atoms. The van der Waals surface area contributed by atoms with E-state index in [1.54, 1.807) is 24.3 Å².